The first-order chi connectivity index (χ1) is 7.75. The van der Waals surface area contributed by atoms with Crippen molar-refractivity contribution in [3.63, 3.8) is 0 Å². The topological polar surface area (TPSA) is 34.2 Å². The van der Waals surface area contributed by atoms with Gasteiger partial charge in [0.15, 0.2) is 0 Å². The molecule has 5 heteroatoms. The second-order valence-corrected chi connectivity index (χ2v) is 4.54. The molecule has 0 amide bonds. The van der Waals surface area contributed by atoms with Gasteiger partial charge in [-0.05, 0) is 40.9 Å². The van der Waals surface area contributed by atoms with Gasteiger partial charge in [0.2, 0.25) is 0 Å². The van der Waals surface area contributed by atoms with Crippen LogP contribution in [0.1, 0.15) is 12.0 Å². The normalized spacial score (nSPS) is 10.4. The summed E-state index contributed by atoms with van der Waals surface area (Å²) in [6.07, 6.45) is 2.74. The van der Waals surface area contributed by atoms with E-state index in [4.69, 9.17) is 16.3 Å². The fraction of sp³-hybridized carbons (Fsp3) is 0.545. The van der Waals surface area contributed by atoms with E-state index in [-0.39, 0.29) is 0 Å². The molecule has 1 aromatic rings. The van der Waals surface area contributed by atoms with Crippen molar-refractivity contribution in [2.24, 2.45) is 0 Å². The van der Waals surface area contributed by atoms with Crippen molar-refractivity contribution in [1.29, 1.82) is 0 Å². The van der Waals surface area contributed by atoms with Crippen LogP contribution in [-0.2, 0) is 4.74 Å². The number of hydrogen-bond donors (Lipinski definition) is 1. The molecule has 0 unspecified atom stereocenters. The van der Waals surface area contributed by atoms with Crippen LogP contribution in [0, 0.1) is 6.92 Å². The monoisotopic (exact) mass is 306 g/mol. The van der Waals surface area contributed by atoms with Crippen LogP contribution in [0.5, 0.6) is 0 Å². The predicted octanol–water partition coefficient (Wildman–Crippen LogP) is 3.21. The number of aromatic nitrogens is 1. The molecule has 3 nitrogen and oxygen atoms in total. The standard InChI is InChI=1S/C11H16BrClN2O/c1-9-3-6-15-11(10(9)12)14-5-2-7-16-8-4-13/h3,6H,2,4-5,7-8H2,1H3,(H,14,15). The van der Waals surface area contributed by atoms with Crippen molar-refractivity contribution < 1.29 is 4.74 Å². The number of anilines is 1. The summed E-state index contributed by atoms with van der Waals surface area (Å²) in [7, 11) is 0. The molecule has 1 heterocycles. The van der Waals surface area contributed by atoms with E-state index in [0.717, 1.165) is 29.9 Å². The molecule has 0 radical (unpaired) electrons. The zero-order valence-corrected chi connectivity index (χ0v) is 11.6. The quantitative estimate of drug-likeness (QED) is 0.620. The molecule has 0 bridgehead atoms. The number of nitrogens with zero attached hydrogens (tertiary/aromatic N) is 1. The molecule has 0 aliphatic rings. The highest BCUT2D eigenvalue weighted by molar-refractivity contribution is 9.10. The van der Waals surface area contributed by atoms with Crippen LogP contribution >= 0.6 is 27.5 Å². The molecule has 1 N–H and O–H groups in total. The van der Waals surface area contributed by atoms with Crippen molar-refractivity contribution in [3.8, 4) is 0 Å². The van der Waals surface area contributed by atoms with Crippen LogP contribution in [0.2, 0.25) is 0 Å². The number of aryl methyl sites for hydroxylation is 1. The first-order valence-electron chi connectivity index (χ1n) is 5.24. The molecule has 0 saturated heterocycles. The van der Waals surface area contributed by atoms with Crippen LogP contribution in [0.25, 0.3) is 0 Å². The second-order valence-electron chi connectivity index (χ2n) is 3.37. The van der Waals surface area contributed by atoms with Gasteiger partial charge < -0.3 is 10.1 Å². The van der Waals surface area contributed by atoms with Crippen molar-refractivity contribution in [3.05, 3.63) is 22.3 Å². The maximum atomic E-state index is 5.49. The molecule has 0 aliphatic carbocycles. The molecule has 0 fully saturated rings. The number of hydrogen-bond acceptors (Lipinski definition) is 3. The van der Waals surface area contributed by atoms with E-state index in [2.05, 4.69) is 26.2 Å². The fourth-order valence-corrected chi connectivity index (χ4v) is 1.68. The highest BCUT2D eigenvalue weighted by Crippen LogP contribution is 2.22. The maximum absolute atomic E-state index is 5.49. The van der Waals surface area contributed by atoms with Gasteiger partial charge in [0.25, 0.3) is 0 Å². The Bertz CT molecular complexity index is 323. The van der Waals surface area contributed by atoms with Crippen molar-refractivity contribution in [2.75, 3.05) is 31.0 Å². The Hall–Kier alpha value is -0.320. The summed E-state index contributed by atoms with van der Waals surface area (Å²) in [5.41, 5.74) is 1.18. The van der Waals surface area contributed by atoms with E-state index < -0.39 is 0 Å². The third-order valence-electron chi connectivity index (χ3n) is 2.06. The van der Waals surface area contributed by atoms with Gasteiger partial charge in [-0.1, -0.05) is 0 Å². The Kier molecular flexibility index (Phi) is 6.76. The van der Waals surface area contributed by atoms with Gasteiger partial charge in [-0.3, -0.25) is 0 Å². The highest BCUT2D eigenvalue weighted by atomic mass is 79.9. The summed E-state index contributed by atoms with van der Waals surface area (Å²) in [6, 6.07) is 1.97. The van der Waals surface area contributed by atoms with E-state index in [1.807, 2.05) is 13.0 Å². The number of ether oxygens (including phenoxy) is 1. The van der Waals surface area contributed by atoms with Gasteiger partial charge in [-0.25, -0.2) is 4.98 Å². The van der Waals surface area contributed by atoms with E-state index in [1.54, 1.807) is 6.20 Å². The second kappa shape index (κ2) is 7.87. The lowest BCUT2D eigenvalue weighted by Crippen LogP contribution is -2.08. The summed E-state index contributed by atoms with van der Waals surface area (Å²) >= 11 is 8.99. The molecule has 90 valence electrons. The number of halogens is 2. The number of pyridine rings is 1. The minimum atomic E-state index is 0.554. The Labute approximate surface area is 110 Å². The summed E-state index contributed by atoms with van der Waals surface area (Å²) in [4.78, 5) is 4.25. The van der Waals surface area contributed by atoms with Gasteiger partial charge in [-0.2, -0.15) is 0 Å². The highest BCUT2D eigenvalue weighted by Gasteiger charge is 2.02. The zero-order chi connectivity index (χ0) is 11.8. The van der Waals surface area contributed by atoms with Gasteiger partial charge in [-0.15, -0.1) is 11.6 Å². The van der Waals surface area contributed by atoms with Crippen LogP contribution in [-0.4, -0.2) is 30.6 Å². The number of rotatable bonds is 7. The molecular formula is C11H16BrClN2O. The minimum Gasteiger partial charge on any atom is -0.380 e. The third-order valence-corrected chi connectivity index (χ3v) is 3.22. The summed E-state index contributed by atoms with van der Waals surface area (Å²) in [5.74, 6) is 1.44. The van der Waals surface area contributed by atoms with E-state index in [9.17, 15) is 0 Å². The molecule has 0 saturated carbocycles. The summed E-state index contributed by atoms with van der Waals surface area (Å²) in [6.45, 7) is 4.23. The molecule has 0 aliphatic heterocycles. The third kappa shape index (κ3) is 4.68. The van der Waals surface area contributed by atoms with E-state index in [0.29, 0.717) is 12.5 Å². The molecule has 0 aromatic carbocycles. The average Bonchev–Trinajstić information content (AvgIpc) is 2.29. The van der Waals surface area contributed by atoms with Gasteiger partial charge in [0, 0.05) is 25.2 Å². The average molecular weight is 308 g/mol. The van der Waals surface area contributed by atoms with Crippen molar-refractivity contribution in [2.45, 2.75) is 13.3 Å². The Balaban J connectivity index is 2.24. The van der Waals surface area contributed by atoms with Gasteiger partial charge in [0.1, 0.15) is 5.82 Å². The molecule has 1 aromatic heterocycles. The molecule has 16 heavy (non-hydrogen) atoms. The van der Waals surface area contributed by atoms with Crippen LogP contribution in [0.4, 0.5) is 5.82 Å². The van der Waals surface area contributed by atoms with E-state index >= 15 is 0 Å². The lowest BCUT2D eigenvalue weighted by Gasteiger charge is -2.08. The van der Waals surface area contributed by atoms with E-state index in [1.165, 1.54) is 5.56 Å². The smallest absolute Gasteiger partial charge is 0.140 e. The first-order valence-corrected chi connectivity index (χ1v) is 6.57. The van der Waals surface area contributed by atoms with Gasteiger partial charge in [0.05, 0.1) is 11.1 Å². The maximum Gasteiger partial charge on any atom is 0.140 e. The fourth-order valence-electron chi connectivity index (χ4n) is 1.20. The Morgan fingerprint density at radius 1 is 1.50 bits per heavy atom. The van der Waals surface area contributed by atoms with Gasteiger partial charge >= 0.3 is 0 Å². The molecule has 0 atom stereocenters. The predicted molar refractivity (Wildman–Crippen MR) is 71.3 cm³/mol. The minimum absolute atomic E-state index is 0.554. The van der Waals surface area contributed by atoms with Crippen LogP contribution < -0.4 is 5.32 Å². The lowest BCUT2D eigenvalue weighted by atomic mass is 10.3. The largest absolute Gasteiger partial charge is 0.380 e. The lowest BCUT2D eigenvalue weighted by molar-refractivity contribution is 0.149. The molecular weight excluding hydrogens is 291 g/mol. The Morgan fingerprint density at radius 3 is 3.06 bits per heavy atom. The Morgan fingerprint density at radius 2 is 2.31 bits per heavy atom. The van der Waals surface area contributed by atoms with Crippen LogP contribution in [0.15, 0.2) is 16.7 Å². The number of nitrogens with one attached hydrogen (secondary N) is 1. The zero-order valence-electron chi connectivity index (χ0n) is 9.30. The molecule has 0 spiro atoms. The van der Waals surface area contributed by atoms with Crippen molar-refractivity contribution >= 4 is 33.3 Å². The first kappa shape index (κ1) is 13.7. The van der Waals surface area contributed by atoms with Crippen molar-refractivity contribution in [1.82, 2.24) is 4.98 Å². The summed E-state index contributed by atoms with van der Waals surface area (Å²) < 4.78 is 6.30. The SMILES string of the molecule is Cc1ccnc(NCCCOCCCl)c1Br. The summed E-state index contributed by atoms with van der Waals surface area (Å²) in [5, 5.41) is 3.26. The van der Waals surface area contributed by atoms with Crippen LogP contribution in [0.3, 0.4) is 0 Å². The molecule has 1 rings (SSSR count). The number of alkyl halides is 1.